The summed E-state index contributed by atoms with van der Waals surface area (Å²) in [5.74, 6) is -4.23. The van der Waals surface area contributed by atoms with Crippen molar-refractivity contribution in [3.8, 4) is 11.5 Å². The summed E-state index contributed by atoms with van der Waals surface area (Å²) in [5, 5.41) is 10.7. The van der Waals surface area contributed by atoms with E-state index in [4.69, 9.17) is 16.3 Å². The number of amides is 2. The number of rotatable bonds is 4. The van der Waals surface area contributed by atoms with Crippen molar-refractivity contribution in [2.24, 2.45) is 23.7 Å². The maximum Gasteiger partial charge on any atom is 0.233 e. The number of methoxy groups -OCH3 is 1. The first kappa shape index (κ1) is 28.3. The fourth-order valence-corrected chi connectivity index (χ4v) is 8.54. The van der Waals surface area contributed by atoms with Crippen LogP contribution >= 0.6 is 11.6 Å². The highest BCUT2D eigenvalue weighted by Crippen LogP contribution is 2.64. The summed E-state index contributed by atoms with van der Waals surface area (Å²) in [5.41, 5.74) is 1.67. The molecule has 0 bridgehead atoms. The van der Waals surface area contributed by atoms with Gasteiger partial charge in [-0.3, -0.25) is 24.1 Å². The molecule has 1 heterocycles. The van der Waals surface area contributed by atoms with Crippen LogP contribution in [0.25, 0.3) is 5.57 Å². The van der Waals surface area contributed by atoms with Crippen LogP contribution in [0.2, 0.25) is 5.02 Å². The van der Waals surface area contributed by atoms with Crippen molar-refractivity contribution >= 4 is 40.6 Å². The van der Waals surface area contributed by atoms with E-state index in [1.807, 2.05) is 66.7 Å². The van der Waals surface area contributed by atoms with Crippen LogP contribution in [0.1, 0.15) is 35.4 Å². The zero-order valence-corrected chi connectivity index (χ0v) is 25.0. The summed E-state index contributed by atoms with van der Waals surface area (Å²) >= 11 is 6.56. The molecule has 3 aromatic rings. The Hall–Kier alpha value is -4.49. The van der Waals surface area contributed by atoms with Gasteiger partial charge in [0.05, 0.1) is 29.4 Å². The minimum Gasteiger partial charge on any atom is -0.503 e. The third-order valence-electron chi connectivity index (χ3n) is 10.2. The number of hydrogen-bond acceptors (Lipinski definition) is 6. The number of likely N-dealkylation sites (tertiary alicyclic amines) is 1. The van der Waals surface area contributed by atoms with Gasteiger partial charge in [0, 0.05) is 24.5 Å². The first-order chi connectivity index (χ1) is 21.2. The maximum atomic E-state index is 14.9. The molecule has 3 aromatic carbocycles. The van der Waals surface area contributed by atoms with E-state index >= 15 is 0 Å². The zero-order chi connectivity index (χ0) is 30.9. The molecule has 1 saturated carbocycles. The van der Waals surface area contributed by atoms with Gasteiger partial charge < -0.3 is 9.84 Å². The maximum absolute atomic E-state index is 14.9. The Kier molecular flexibility index (Phi) is 6.63. The molecule has 7 rings (SSSR count). The molecule has 3 aliphatic carbocycles. The van der Waals surface area contributed by atoms with Crippen LogP contribution in [0.15, 0.2) is 90.5 Å². The van der Waals surface area contributed by atoms with Crippen molar-refractivity contribution in [3.63, 3.8) is 0 Å². The lowest BCUT2D eigenvalue weighted by molar-refractivity contribution is -0.139. The second-order valence-electron chi connectivity index (χ2n) is 12.1. The van der Waals surface area contributed by atoms with Crippen LogP contribution in [-0.4, -0.2) is 47.5 Å². The number of carbonyl (C=O) groups is 4. The quantitative estimate of drug-likeness (QED) is 0.310. The van der Waals surface area contributed by atoms with Crippen LogP contribution in [-0.2, 0) is 24.6 Å². The molecule has 8 heteroatoms. The fraction of sp³-hybridized carbons (Fsp3) is 0.278. The monoisotopic (exact) mass is 607 g/mol. The van der Waals surface area contributed by atoms with Crippen molar-refractivity contribution < 1.29 is 29.0 Å². The van der Waals surface area contributed by atoms with E-state index in [2.05, 4.69) is 0 Å². The largest absolute Gasteiger partial charge is 0.503 e. The number of hydrogen-bond donors (Lipinski definition) is 1. The number of fused-ring (bicyclic) bond motifs is 4. The summed E-state index contributed by atoms with van der Waals surface area (Å²) in [6, 6.07) is 21.7. The number of carbonyl (C=O) groups excluding carboxylic acids is 4. The lowest BCUT2D eigenvalue weighted by Gasteiger charge is -2.55. The molecule has 4 aliphatic rings. The number of Topliss-reactive ketones (excluding diaryl/α,β-unsaturated/α-hetero) is 1. The Morgan fingerprint density at radius 1 is 0.932 bits per heavy atom. The standard InChI is InChI=1S/C36H30ClNO6/c1-38-34(42)23-14-13-22-25(30(23)35(38)43)17-26-32(40)24(19-9-5-3-6-10-19)18-29(39)36(26,21-11-7-4-8-12-21)31(22)20-15-27(37)33(41)28(16-20)44-2/h3-13,15-16,18,23,25-26,30-31,41H,14,17H2,1-2H3/t23-,25+,26-,30-,31-,36-/m0/s1. The number of allylic oxidation sites excluding steroid dienone is 4. The van der Waals surface area contributed by atoms with Gasteiger partial charge in [-0.1, -0.05) is 83.9 Å². The second kappa shape index (κ2) is 10.3. The first-order valence-electron chi connectivity index (χ1n) is 14.7. The van der Waals surface area contributed by atoms with E-state index in [1.165, 1.54) is 25.1 Å². The summed E-state index contributed by atoms with van der Waals surface area (Å²) in [6.07, 6.45) is 4.03. The van der Waals surface area contributed by atoms with E-state index < -0.39 is 35.0 Å². The molecule has 0 spiro atoms. The molecule has 0 unspecified atom stereocenters. The molecular formula is C36H30ClNO6. The number of benzene rings is 3. The van der Waals surface area contributed by atoms with Crippen LogP contribution in [0.3, 0.4) is 0 Å². The van der Waals surface area contributed by atoms with E-state index in [0.29, 0.717) is 28.7 Å². The van der Waals surface area contributed by atoms with Gasteiger partial charge >= 0.3 is 0 Å². The Morgan fingerprint density at radius 2 is 1.61 bits per heavy atom. The van der Waals surface area contributed by atoms with Crippen LogP contribution in [0, 0.1) is 23.7 Å². The number of aromatic hydroxyl groups is 1. The van der Waals surface area contributed by atoms with Gasteiger partial charge in [0.1, 0.15) is 0 Å². The Bertz CT molecular complexity index is 1800. The van der Waals surface area contributed by atoms with Crippen molar-refractivity contribution in [2.45, 2.75) is 24.2 Å². The molecule has 222 valence electrons. The molecular weight excluding hydrogens is 578 g/mol. The number of phenols is 1. The van der Waals surface area contributed by atoms with Crippen LogP contribution in [0.5, 0.6) is 11.5 Å². The van der Waals surface area contributed by atoms with Gasteiger partial charge in [0.15, 0.2) is 23.1 Å². The summed E-state index contributed by atoms with van der Waals surface area (Å²) in [7, 11) is 2.93. The molecule has 0 aromatic heterocycles. The molecule has 7 nitrogen and oxygen atoms in total. The van der Waals surface area contributed by atoms with Gasteiger partial charge in [0.2, 0.25) is 11.8 Å². The molecule has 1 saturated heterocycles. The van der Waals surface area contributed by atoms with Gasteiger partial charge in [-0.2, -0.15) is 0 Å². The molecule has 6 atom stereocenters. The van der Waals surface area contributed by atoms with Gasteiger partial charge in [-0.15, -0.1) is 0 Å². The molecule has 0 radical (unpaired) electrons. The molecule has 44 heavy (non-hydrogen) atoms. The van der Waals surface area contributed by atoms with Gasteiger partial charge in [-0.25, -0.2) is 0 Å². The number of ether oxygens (including phenoxy) is 1. The van der Waals surface area contributed by atoms with Gasteiger partial charge in [-0.05, 0) is 53.7 Å². The average Bonchev–Trinajstić information content (AvgIpc) is 3.27. The Morgan fingerprint density at radius 3 is 2.30 bits per heavy atom. The number of nitrogens with zero attached hydrogens (tertiary/aromatic N) is 1. The third kappa shape index (κ3) is 3.81. The van der Waals surface area contributed by atoms with Crippen molar-refractivity contribution in [1.82, 2.24) is 4.90 Å². The molecule has 2 fully saturated rings. The van der Waals surface area contributed by atoms with E-state index in [-0.39, 0.29) is 46.3 Å². The zero-order valence-electron chi connectivity index (χ0n) is 24.2. The lowest BCUT2D eigenvalue weighted by Crippen LogP contribution is -2.58. The number of imide groups is 1. The predicted octanol–water partition coefficient (Wildman–Crippen LogP) is 5.51. The first-order valence-corrected chi connectivity index (χ1v) is 15.1. The Labute approximate surface area is 259 Å². The predicted molar refractivity (Wildman–Crippen MR) is 164 cm³/mol. The van der Waals surface area contributed by atoms with Crippen LogP contribution < -0.4 is 4.74 Å². The minimum atomic E-state index is -1.38. The summed E-state index contributed by atoms with van der Waals surface area (Å²) in [6.45, 7) is 0. The van der Waals surface area contributed by atoms with Crippen LogP contribution in [0.4, 0.5) is 0 Å². The summed E-state index contributed by atoms with van der Waals surface area (Å²) in [4.78, 5) is 57.7. The number of ketones is 2. The van der Waals surface area contributed by atoms with Crippen molar-refractivity contribution in [1.29, 1.82) is 0 Å². The average molecular weight is 608 g/mol. The lowest BCUT2D eigenvalue weighted by atomic mass is 9.44. The summed E-state index contributed by atoms with van der Waals surface area (Å²) < 4.78 is 5.48. The highest BCUT2D eigenvalue weighted by molar-refractivity contribution is 6.33. The normalized spacial score (nSPS) is 29.4. The second-order valence-corrected chi connectivity index (χ2v) is 12.5. The molecule has 1 N–H and O–H groups in total. The molecule has 1 aliphatic heterocycles. The van der Waals surface area contributed by atoms with Crippen molar-refractivity contribution in [2.75, 3.05) is 14.2 Å². The highest BCUT2D eigenvalue weighted by atomic mass is 35.5. The fourth-order valence-electron chi connectivity index (χ4n) is 8.32. The Balaban J connectivity index is 1.55. The van der Waals surface area contributed by atoms with Crippen molar-refractivity contribution in [3.05, 3.63) is 112 Å². The van der Waals surface area contributed by atoms with E-state index in [0.717, 1.165) is 5.57 Å². The van der Waals surface area contributed by atoms with Gasteiger partial charge in [0.25, 0.3) is 0 Å². The van der Waals surface area contributed by atoms with E-state index in [9.17, 15) is 24.3 Å². The molecule has 2 amide bonds. The third-order valence-corrected chi connectivity index (χ3v) is 10.5. The highest BCUT2D eigenvalue weighted by Gasteiger charge is 2.65. The smallest absolute Gasteiger partial charge is 0.233 e. The number of phenolic OH excluding ortho intramolecular Hbond substituents is 1. The SMILES string of the molecule is COc1cc([C@H]2C3=CC[C@@H]4C(=O)N(C)C(=O)[C@@H]4[C@@H]3C[C@H]3C(=O)C(c4ccccc4)=CC(=O)[C@@]23c2ccccc2)cc(Cl)c1O. The number of halogens is 1. The minimum absolute atomic E-state index is 0.0393. The topological polar surface area (TPSA) is 101 Å². The van der Waals surface area contributed by atoms with E-state index in [1.54, 1.807) is 12.1 Å².